The maximum Gasteiger partial charge on any atom is 0.264 e. The van der Waals surface area contributed by atoms with Crippen LogP contribution >= 0.6 is 11.3 Å². The van der Waals surface area contributed by atoms with E-state index in [9.17, 15) is 4.79 Å². The standard InChI is InChI=1S/C20H19N5O3S/c1-3-13-8-10-14(11-9-13)28-12-17(26)21-19-24-25-18(22-23-20(25)29-19)15-6-4-5-7-16(15)27-2/h4-11H,3,12H2,1-2H3,(H,21,24,26). The third kappa shape index (κ3) is 4.04. The number of hydrogen-bond donors (Lipinski definition) is 1. The van der Waals surface area contributed by atoms with E-state index in [1.54, 1.807) is 11.6 Å². The van der Waals surface area contributed by atoms with Crippen molar-refractivity contribution >= 4 is 27.3 Å². The van der Waals surface area contributed by atoms with E-state index >= 15 is 0 Å². The van der Waals surface area contributed by atoms with Crippen LogP contribution in [-0.2, 0) is 11.2 Å². The monoisotopic (exact) mass is 409 g/mol. The summed E-state index contributed by atoms with van der Waals surface area (Å²) in [6.07, 6.45) is 0.957. The van der Waals surface area contributed by atoms with E-state index in [0.29, 0.717) is 27.4 Å². The van der Waals surface area contributed by atoms with Gasteiger partial charge in [0.15, 0.2) is 12.4 Å². The first-order valence-electron chi connectivity index (χ1n) is 9.05. The van der Waals surface area contributed by atoms with Crippen molar-refractivity contribution in [2.75, 3.05) is 19.0 Å². The zero-order valence-corrected chi connectivity index (χ0v) is 16.8. The number of nitrogens with zero attached hydrogens (tertiary/aromatic N) is 4. The van der Waals surface area contributed by atoms with Gasteiger partial charge >= 0.3 is 0 Å². The van der Waals surface area contributed by atoms with E-state index in [-0.39, 0.29) is 12.5 Å². The molecule has 0 saturated carbocycles. The molecule has 1 amide bonds. The van der Waals surface area contributed by atoms with E-state index in [1.807, 2.05) is 48.5 Å². The third-order valence-electron chi connectivity index (χ3n) is 4.29. The summed E-state index contributed by atoms with van der Waals surface area (Å²) >= 11 is 1.23. The van der Waals surface area contributed by atoms with Crippen molar-refractivity contribution in [3.05, 3.63) is 54.1 Å². The third-order valence-corrected chi connectivity index (χ3v) is 5.10. The van der Waals surface area contributed by atoms with Gasteiger partial charge in [-0.2, -0.15) is 4.52 Å². The van der Waals surface area contributed by atoms with Crippen LogP contribution in [0.1, 0.15) is 12.5 Å². The van der Waals surface area contributed by atoms with E-state index in [2.05, 4.69) is 27.5 Å². The van der Waals surface area contributed by atoms with E-state index < -0.39 is 0 Å². The molecule has 0 atom stereocenters. The number of anilines is 1. The lowest BCUT2D eigenvalue weighted by Crippen LogP contribution is -2.20. The van der Waals surface area contributed by atoms with Crippen molar-refractivity contribution in [2.45, 2.75) is 13.3 Å². The Hall–Kier alpha value is -3.46. The average Bonchev–Trinajstić information content (AvgIpc) is 3.32. The van der Waals surface area contributed by atoms with Gasteiger partial charge in [0, 0.05) is 0 Å². The number of nitrogens with one attached hydrogen (secondary N) is 1. The Balaban J connectivity index is 1.46. The number of para-hydroxylation sites is 1. The number of methoxy groups -OCH3 is 1. The second-order valence-electron chi connectivity index (χ2n) is 6.16. The number of amides is 1. The molecule has 0 aliphatic heterocycles. The lowest BCUT2D eigenvalue weighted by Gasteiger charge is -2.06. The van der Waals surface area contributed by atoms with E-state index in [0.717, 1.165) is 12.0 Å². The molecule has 1 N–H and O–H groups in total. The summed E-state index contributed by atoms with van der Waals surface area (Å²) in [5.74, 6) is 1.56. The first kappa shape index (κ1) is 18.9. The molecule has 4 rings (SSSR count). The van der Waals surface area contributed by atoms with Gasteiger partial charge in [-0.05, 0) is 36.2 Å². The van der Waals surface area contributed by atoms with Gasteiger partial charge in [0.1, 0.15) is 11.5 Å². The molecule has 0 radical (unpaired) electrons. The SMILES string of the molecule is CCc1ccc(OCC(=O)Nc2nn3c(-c4ccccc4OC)nnc3s2)cc1. The second kappa shape index (κ2) is 8.27. The van der Waals surface area contributed by atoms with Crippen LogP contribution in [0.2, 0.25) is 0 Å². The number of ether oxygens (including phenoxy) is 2. The summed E-state index contributed by atoms with van der Waals surface area (Å²) in [7, 11) is 1.60. The molecule has 2 aromatic carbocycles. The highest BCUT2D eigenvalue weighted by atomic mass is 32.1. The van der Waals surface area contributed by atoms with Crippen LogP contribution in [0.15, 0.2) is 48.5 Å². The lowest BCUT2D eigenvalue weighted by molar-refractivity contribution is -0.118. The highest BCUT2D eigenvalue weighted by Gasteiger charge is 2.17. The molecule has 2 heterocycles. The first-order valence-corrected chi connectivity index (χ1v) is 9.87. The Bertz CT molecular complexity index is 1140. The molecule has 2 aromatic heterocycles. The summed E-state index contributed by atoms with van der Waals surface area (Å²) in [5, 5.41) is 15.9. The molecule has 0 saturated heterocycles. The molecule has 0 unspecified atom stereocenters. The van der Waals surface area contributed by atoms with Crippen LogP contribution in [0, 0.1) is 0 Å². The Labute approximate surface area is 171 Å². The van der Waals surface area contributed by atoms with Crippen LogP contribution in [0.4, 0.5) is 5.13 Å². The molecule has 4 aromatic rings. The molecule has 0 bridgehead atoms. The van der Waals surface area contributed by atoms with Gasteiger partial charge in [0.2, 0.25) is 10.1 Å². The molecular weight excluding hydrogens is 390 g/mol. The zero-order valence-electron chi connectivity index (χ0n) is 16.0. The second-order valence-corrected chi connectivity index (χ2v) is 7.12. The Kier molecular flexibility index (Phi) is 5.39. The van der Waals surface area contributed by atoms with Crippen molar-refractivity contribution in [1.82, 2.24) is 19.8 Å². The van der Waals surface area contributed by atoms with E-state index in [1.165, 1.54) is 16.9 Å². The van der Waals surface area contributed by atoms with Gasteiger partial charge in [0.05, 0.1) is 12.7 Å². The number of fused-ring (bicyclic) bond motifs is 1. The van der Waals surface area contributed by atoms with Gasteiger partial charge in [-0.3, -0.25) is 10.1 Å². The highest BCUT2D eigenvalue weighted by Crippen LogP contribution is 2.30. The van der Waals surface area contributed by atoms with E-state index in [4.69, 9.17) is 9.47 Å². The minimum atomic E-state index is -0.298. The lowest BCUT2D eigenvalue weighted by atomic mass is 10.2. The van der Waals surface area contributed by atoms with Gasteiger partial charge in [-0.25, -0.2) is 0 Å². The quantitative estimate of drug-likeness (QED) is 0.503. The van der Waals surface area contributed by atoms with Gasteiger partial charge < -0.3 is 9.47 Å². The number of benzene rings is 2. The fourth-order valence-corrected chi connectivity index (χ4v) is 3.55. The van der Waals surface area contributed by atoms with Crippen molar-refractivity contribution < 1.29 is 14.3 Å². The summed E-state index contributed by atoms with van der Waals surface area (Å²) < 4.78 is 12.5. The van der Waals surface area contributed by atoms with Crippen LogP contribution in [0.3, 0.4) is 0 Å². The maximum absolute atomic E-state index is 12.2. The van der Waals surface area contributed by atoms with Crippen LogP contribution in [-0.4, -0.2) is 39.4 Å². The molecular formula is C20H19N5O3S. The van der Waals surface area contributed by atoms with Crippen LogP contribution in [0.5, 0.6) is 11.5 Å². The summed E-state index contributed by atoms with van der Waals surface area (Å²) in [6.45, 7) is 1.98. The van der Waals surface area contributed by atoms with Crippen LogP contribution < -0.4 is 14.8 Å². The van der Waals surface area contributed by atoms with Crippen molar-refractivity contribution in [3.8, 4) is 22.9 Å². The smallest absolute Gasteiger partial charge is 0.264 e. The number of carbonyl (C=O) groups is 1. The zero-order chi connectivity index (χ0) is 20.2. The maximum atomic E-state index is 12.2. The van der Waals surface area contributed by atoms with Crippen molar-refractivity contribution in [1.29, 1.82) is 0 Å². The summed E-state index contributed by atoms with van der Waals surface area (Å²) in [6, 6.07) is 15.2. The molecule has 9 heteroatoms. The summed E-state index contributed by atoms with van der Waals surface area (Å²) in [4.78, 5) is 12.8. The molecule has 0 aliphatic rings. The van der Waals surface area contributed by atoms with Crippen molar-refractivity contribution in [2.24, 2.45) is 0 Å². The fourth-order valence-electron chi connectivity index (χ4n) is 2.79. The minimum absolute atomic E-state index is 0.106. The number of carbonyl (C=O) groups excluding carboxylic acids is 1. The Morgan fingerprint density at radius 2 is 1.93 bits per heavy atom. The Morgan fingerprint density at radius 3 is 2.69 bits per heavy atom. The predicted octanol–water partition coefficient (Wildman–Crippen LogP) is 3.44. The highest BCUT2D eigenvalue weighted by molar-refractivity contribution is 7.20. The van der Waals surface area contributed by atoms with Gasteiger partial charge in [0.25, 0.3) is 5.91 Å². The Morgan fingerprint density at radius 1 is 1.14 bits per heavy atom. The molecule has 0 spiro atoms. The molecule has 29 heavy (non-hydrogen) atoms. The first-order chi connectivity index (χ1) is 14.2. The van der Waals surface area contributed by atoms with Gasteiger partial charge in [-0.15, -0.1) is 15.3 Å². The normalized spacial score (nSPS) is 10.8. The molecule has 8 nitrogen and oxygen atoms in total. The topological polar surface area (TPSA) is 90.6 Å². The summed E-state index contributed by atoms with van der Waals surface area (Å²) in [5.41, 5.74) is 1.98. The number of aryl methyl sites for hydroxylation is 1. The predicted molar refractivity (Wildman–Crippen MR) is 111 cm³/mol. The largest absolute Gasteiger partial charge is 0.496 e. The van der Waals surface area contributed by atoms with Crippen LogP contribution in [0.25, 0.3) is 16.3 Å². The minimum Gasteiger partial charge on any atom is -0.496 e. The van der Waals surface area contributed by atoms with Crippen molar-refractivity contribution in [3.63, 3.8) is 0 Å². The average molecular weight is 409 g/mol. The molecule has 0 aliphatic carbocycles. The fraction of sp³-hybridized carbons (Fsp3) is 0.200. The van der Waals surface area contributed by atoms with Gasteiger partial charge in [-0.1, -0.05) is 42.5 Å². The number of aromatic nitrogens is 4. The number of hydrogen-bond acceptors (Lipinski definition) is 7. The molecule has 148 valence electrons. The molecule has 0 fully saturated rings. The number of rotatable bonds is 7.